The Labute approximate surface area is 137 Å². The third-order valence-electron chi connectivity index (χ3n) is 2.94. The molecule has 0 saturated carbocycles. The zero-order valence-corrected chi connectivity index (χ0v) is 14.0. The third kappa shape index (κ3) is 3.80. The molecule has 2 aromatic rings. The SMILES string of the molecule is COC(=O)c1cc(C)sc1NC(=S)Nc1cc(F)ccc1C. The molecular formula is C15H15FN2O2S2. The molecular weight excluding hydrogens is 323 g/mol. The first kappa shape index (κ1) is 16.4. The molecule has 0 atom stereocenters. The number of thiocarbonyl (C=S) groups is 1. The molecule has 1 aromatic carbocycles. The Kier molecular flexibility index (Phi) is 5.10. The van der Waals surface area contributed by atoms with E-state index in [2.05, 4.69) is 10.6 Å². The molecule has 0 amide bonds. The number of esters is 1. The van der Waals surface area contributed by atoms with E-state index in [1.165, 1.54) is 30.6 Å². The fourth-order valence-corrected chi connectivity index (χ4v) is 3.03. The first-order valence-electron chi connectivity index (χ1n) is 6.43. The first-order valence-corrected chi connectivity index (χ1v) is 7.66. The van der Waals surface area contributed by atoms with Crippen LogP contribution in [0.3, 0.4) is 0 Å². The quantitative estimate of drug-likeness (QED) is 0.652. The highest BCUT2D eigenvalue weighted by Gasteiger charge is 2.16. The maximum atomic E-state index is 13.3. The number of anilines is 2. The lowest BCUT2D eigenvalue weighted by molar-refractivity contribution is 0.0602. The van der Waals surface area contributed by atoms with Gasteiger partial charge in [-0.3, -0.25) is 0 Å². The van der Waals surface area contributed by atoms with E-state index in [0.717, 1.165) is 10.4 Å². The summed E-state index contributed by atoms with van der Waals surface area (Å²) in [5.74, 6) is -0.783. The largest absolute Gasteiger partial charge is 0.465 e. The van der Waals surface area contributed by atoms with Crippen molar-refractivity contribution >= 4 is 45.3 Å². The smallest absolute Gasteiger partial charge is 0.340 e. The van der Waals surface area contributed by atoms with Crippen molar-refractivity contribution in [2.75, 3.05) is 17.7 Å². The molecule has 0 aliphatic carbocycles. The summed E-state index contributed by atoms with van der Waals surface area (Å²) in [6.07, 6.45) is 0. The van der Waals surface area contributed by atoms with E-state index >= 15 is 0 Å². The van der Waals surface area contributed by atoms with Gasteiger partial charge in [0.15, 0.2) is 5.11 Å². The number of nitrogens with one attached hydrogen (secondary N) is 2. The second-order valence-corrected chi connectivity index (χ2v) is 6.29. The Morgan fingerprint density at radius 1 is 1.27 bits per heavy atom. The Hall–Kier alpha value is -1.99. The molecule has 2 rings (SSSR count). The molecule has 0 unspecified atom stereocenters. The van der Waals surface area contributed by atoms with Crippen LogP contribution in [-0.4, -0.2) is 18.2 Å². The summed E-state index contributed by atoms with van der Waals surface area (Å²) < 4.78 is 18.0. The van der Waals surface area contributed by atoms with Crippen LogP contribution in [0.15, 0.2) is 24.3 Å². The van der Waals surface area contributed by atoms with Gasteiger partial charge in [0.1, 0.15) is 10.8 Å². The van der Waals surface area contributed by atoms with Crippen LogP contribution in [0.25, 0.3) is 0 Å². The number of carbonyl (C=O) groups excluding carboxylic acids is 1. The van der Waals surface area contributed by atoms with Gasteiger partial charge < -0.3 is 15.4 Å². The van der Waals surface area contributed by atoms with Crippen molar-refractivity contribution in [1.29, 1.82) is 0 Å². The van der Waals surface area contributed by atoms with E-state index in [1.54, 1.807) is 12.1 Å². The molecule has 22 heavy (non-hydrogen) atoms. The number of rotatable bonds is 3. The van der Waals surface area contributed by atoms with Crippen LogP contribution in [-0.2, 0) is 4.74 Å². The Bertz CT molecular complexity index is 728. The molecule has 0 radical (unpaired) electrons. The predicted octanol–water partition coefficient (Wildman–Crippen LogP) is 4.10. The lowest BCUT2D eigenvalue weighted by atomic mass is 10.2. The molecule has 0 aliphatic heterocycles. The number of hydrogen-bond acceptors (Lipinski definition) is 4. The number of thiophene rings is 1. The van der Waals surface area contributed by atoms with Gasteiger partial charge in [-0.15, -0.1) is 11.3 Å². The number of hydrogen-bond donors (Lipinski definition) is 2. The Morgan fingerprint density at radius 2 is 2.00 bits per heavy atom. The lowest BCUT2D eigenvalue weighted by Gasteiger charge is -2.12. The van der Waals surface area contributed by atoms with Crippen LogP contribution in [0.2, 0.25) is 0 Å². The van der Waals surface area contributed by atoms with Crippen molar-refractivity contribution < 1.29 is 13.9 Å². The fraction of sp³-hybridized carbons (Fsp3) is 0.200. The summed E-state index contributed by atoms with van der Waals surface area (Å²) in [5.41, 5.74) is 1.86. The van der Waals surface area contributed by atoms with Gasteiger partial charge in [-0.25, -0.2) is 9.18 Å². The number of methoxy groups -OCH3 is 1. The second kappa shape index (κ2) is 6.85. The van der Waals surface area contributed by atoms with Crippen LogP contribution in [0.5, 0.6) is 0 Å². The van der Waals surface area contributed by atoms with Crippen molar-refractivity contribution in [2.45, 2.75) is 13.8 Å². The number of carbonyl (C=O) groups is 1. The highest BCUT2D eigenvalue weighted by Crippen LogP contribution is 2.28. The minimum absolute atomic E-state index is 0.278. The summed E-state index contributed by atoms with van der Waals surface area (Å²) in [7, 11) is 1.33. The van der Waals surface area contributed by atoms with Gasteiger partial charge in [0.05, 0.1) is 12.7 Å². The highest BCUT2D eigenvalue weighted by molar-refractivity contribution is 7.80. The highest BCUT2D eigenvalue weighted by atomic mass is 32.1. The van der Waals surface area contributed by atoms with Crippen LogP contribution in [0.1, 0.15) is 20.8 Å². The van der Waals surface area contributed by atoms with E-state index in [9.17, 15) is 9.18 Å². The monoisotopic (exact) mass is 338 g/mol. The molecule has 0 aliphatic rings. The van der Waals surface area contributed by atoms with Crippen molar-refractivity contribution in [1.82, 2.24) is 0 Å². The van der Waals surface area contributed by atoms with Crippen LogP contribution < -0.4 is 10.6 Å². The van der Waals surface area contributed by atoms with E-state index in [-0.39, 0.29) is 10.9 Å². The van der Waals surface area contributed by atoms with Gasteiger partial charge in [0.2, 0.25) is 0 Å². The summed E-state index contributed by atoms with van der Waals surface area (Å²) in [6.45, 7) is 3.73. The standard InChI is InChI=1S/C15H15FN2O2S2/c1-8-4-5-10(16)7-12(8)17-15(21)18-13-11(14(19)20-3)6-9(2)22-13/h4-7H,1-3H3,(H2,17,18,21). The van der Waals surface area contributed by atoms with Gasteiger partial charge in [0.25, 0.3) is 0 Å². The second-order valence-electron chi connectivity index (χ2n) is 4.63. The lowest BCUT2D eigenvalue weighted by Crippen LogP contribution is -2.20. The molecule has 1 heterocycles. The maximum Gasteiger partial charge on any atom is 0.340 e. The van der Waals surface area contributed by atoms with Gasteiger partial charge in [-0.2, -0.15) is 0 Å². The summed E-state index contributed by atoms with van der Waals surface area (Å²) in [5, 5.41) is 6.76. The number of ether oxygens (including phenoxy) is 1. The molecule has 2 N–H and O–H groups in total. The van der Waals surface area contributed by atoms with E-state index in [4.69, 9.17) is 17.0 Å². The average molecular weight is 338 g/mol. The van der Waals surface area contributed by atoms with Crippen molar-refractivity contribution in [2.24, 2.45) is 0 Å². The number of halogens is 1. The van der Waals surface area contributed by atoms with E-state index in [0.29, 0.717) is 16.3 Å². The maximum absolute atomic E-state index is 13.3. The molecule has 1 aromatic heterocycles. The topological polar surface area (TPSA) is 50.4 Å². The molecule has 0 spiro atoms. The van der Waals surface area contributed by atoms with Gasteiger partial charge in [0, 0.05) is 10.6 Å². The molecule has 0 bridgehead atoms. The zero-order valence-electron chi connectivity index (χ0n) is 12.3. The van der Waals surface area contributed by atoms with Crippen molar-refractivity contribution in [3.8, 4) is 0 Å². The molecule has 4 nitrogen and oxygen atoms in total. The summed E-state index contributed by atoms with van der Waals surface area (Å²) in [4.78, 5) is 12.7. The van der Waals surface area contributed by atoms with Gasteiger partial charge >= 0.3 is 5.97 Å². The van der Waals surface area contributed by atoms with Crippen LogP contribution in [0, 0.1) is 19.7 Å². The average Bonchev–Trinajstić information content (AvgIpc) is 2.82. The Morgan fingerprint density at radius 3 is 2.68 bits per heavy atom. The van der Waals surface area contributed by atoms with Crippen LogP contribution in [0.4, 0.5) is 15.1 Å². The Balaban J connectivity index is 2.16. The van der Waals surface area contributed by atoms with Crippen LogP contribution >= 0.6 is 23.6 Å². The molecule has 0 saturated heterocycles. The molecule has 116 valence electrons. The van der Waals surface area contributed by atoms with Crippen molar-refractivity contribution in [3.63, 3.8) is 0 Å². The third-order valence-corrected chi connectivity index (χ3v) is 4.11. The molecule has 7 heteroatoms. The van der Waals surface area contributed by atoms with Crippen molar-refractivity contribution in [3.05, 3.63) is 46.1 Å². The minimum atomic E-state index is -0.434. The van der Waals surface area contributed by atoms with E-state index < -0.39 is 5.97 Å². The number of benzene rings is 1. The summed E-state index contributed by atoms with van der Waals surface area (Å²) in [6, 6.07) is 6.14. The predicted molar refractivity (Wildman–Crippen MR) is 91.4 cm³/mol. The first-order chi connectivity index (χ1) is 10.4. The minimum Gasteiger partial charge on any atom is -0.465 e. The van der Waals surface area contributed by atoms with Gasteiger partial charge in [-0.1, -0.05) is 6.07 Å². The fourth-order valence-electron chi connectivity index (χ4n) is 1.85. The van der Waals surface area contributed by atoms with Gasteiger partial charge in [-0.05, 0) is 49.8 Å². The molecule has 0 fully saturated rings. The zero-order chi connectivity index (χ0) is 16.3. The van der Waals surface area contributed by atoms with E-state index in [1.807, 2.05) is 13.8 Å². The normalized spacial score (nSPS) is 10.2. The number of aryl methyl sites for hydroxylation is 2. The summed E-state index contributed by atoms with van der Waals surface area (Å²) >= 11 is 6.61.